The average Bonchev–Trinajstić information content (AvgIpc) is 2.43. The minimum atomic E-state index is -0.310. The number of carbonyl (C=O) groups excluding carboxylic acids is 2. The summed E-state index contributed by atoms with van der Waals surface area (Å²) in [6, 6.07) is 0. The van der Waals surface area contributed by atoms with Crippen LogP contribution in [0.1, 0.15) is 32.1 Å². The van der Waals surface area contributed by atoms with Crippen molar-refractivity contribution in [2.24, 2.45) is 5.73 Å². The van der Waals surface area contributed by atoms with E-state index in [4.69, 9.17) is 5.73 Å². The highest BCUT2D eigenvalue weighted by Crippen LogP contribution is 2.31. The lowest BCUT2D eigenvalue weighted by Crippen LogP contribution is -2.54. The highest BCUT2D eigenvalue weighted by Gasteiger charge is 2.34. The molecule has 0 unspecified atom stereocenters. The molecule has 0 aromatic carbocycles. The van der Waals surface area contributed by atoms with Gasteiger partial charge in [-0.2, -0.15) is 0 Å². The van der Waals surface area contributed by atoms with E-state index in [1.165, 1.54) is 19.3 Å². The van der Waals surface area contributed by atoms with Crippen LogP contribution in [0.15, 0.2) is 0 Å². The summed E-state index contributed by atoms with van der Waals surface area (Å²) in [6.45, 7) is 0.547. The number of rotatable bonds is 6. The van der Waals surface area contributed by atoms with Gasteiger partial charge in [0.15, 0.2) is 0 Å². The van der Waals surface area contributed by atoms with Gasteiger partial charge in [-0.25, -0.2) is 0 Å². The van der Waals surface area contributed by atoms with Crippen LogP contribution in [-0.4, -0.2) is 56.0 Å². The predicted molar refractivity (Wildman–Crippen MR) is 81.8 cm³/mol. The summed E-state index contributed by atoms with van der Waals surface area (Å²) < 4.78 is 0. The van der Waals surface area contributed by atoms with Crippen molar-refractivity contribution in [3.8, 4) is 0 Å². The second-order valence-electron chi connectivity index (χ2n) is 5.44. The van der Waals surface area contributed by atoms with Gasteiger partial charge in [-0.05, 0) is 26.9 Å². The lowest BCUT2D eigenvalue weighted by molar-refractivity contribution is -0.125. The topological polar surface area (TPSA) is 87.5 Å². The van der Waals surface area contributed by atoms with Gasteiger partial charge in [0.25, 0.3) is 0 Å². The number of hydrogen-bond donors (Lipinski definition) is 3. The maximum absolute atomic E-state index is 11.7. The fraction of sp³-hybridized carbons (Fsp3) is 0.846. The van der Waals surface area contributed by atoms with Crippen LogP contribution >= 0.6 is 12.4 Å². The van der Waals surface area contributed by atoms with Crippen molar-refractivity contribution in [2.45, 2.75) is 37.6 Å². The van der Waals surface area contributed by atoms with Crippen molar-refractivity contribution in [1.29, 1.82) is 0 Å². The quantitative estimate of drug-likeness (QED) is 0.637. The smallest absolute Gasteiger partial charge is 0.239 e. The third-order valence-corrected chi connectivity index (χ3v) is 3.98. The first-order chi connectivity index (χ1) is 9.00. The summed E-state index contributed by atoms with van der Waals surface area (Å²) in [5.41, 5.74) is 5.22. The molecule has 0 saturated heterocycles. The molecule has 2 amide bonds. The molecule has 4 N–H and O–H groups in total. The number of amides is 2. The molecule has 0 aromatic rings. The Labute approximate surface area is 127 Å². The maximum atomic E-state index is 11.7. The summed E-state index contributed by atoms with van der Waals surface area (Å²) in [6.07, 6.45) is 5.90. The Morgan fingerprint density at radius 1 is 1.10 bits per heavy atom. The van der Waals surface area contributed by atoms with Gasteiger partial charge < -0.3 is 21.3 Å². The van der Waals surface area contributed by atoms with E-state index in [-0.39, 0.29) is 42.8 Å². The van der Waals surface area contributed by atoms with Gasteiger partial charge in [0, 0.05) is 12.1 Å². The zero-order valence-corrected chi connectivity index (χ0v) is 13.2. The van der Waals surface area contributed by atoms with E-state index in [1.54, 1.807) is 0 Å². The SMILES string of the molecule is CN(C)C1(CNC(=O)CNC(=O)CN)CCCCC1.Cl. The van der Waals surface area contributed by atoms with Crippen molar-refractivity contribution in [1.82, 2.24) is 15.5 Å². The second kappa shape index (κ2) is 9.15. The van der Waals surface area contributed by atoms with E-state index in [2.05, 4.69) is 29.6 Å². The Kier molecular flexibility index (Phi) is 8.76. The predicted octanol–water partition coefficient (Wildman–Crippen LogP) is -0.136. The van der Waals surface area contributed by atoms with E-state index in [9.17, 15) is 9.59 Å². The second-order valence-corrected chi connectivity index (χ2v) is 5.44. The number of likely N-dealkylation sites (N-methyl/N-ethyl adjacent to an activating group) is 1. The summed E-state index contributed by atoms with van der Waals surface area (Å²) in [4.78, 5) is 24.9. The highest BCUT2D eigenvalue weighted by atomic mass is 35.5. The summed E-state index contributed by atoms with van der Waals surface area (Å²) in [5.74, 6) is -0.469. The first-order valence-electron chi connectivity index (χ1n) is 6.91. The molecule has 0 radical (unpaired) electrons. The van der Waals surface area contributed by atoms with Crippen LogP contribution in [0.2, 0.25) is 0 Å². The molecule has 0 atom stereocenters. The normalized spacial score (nSPS) is 17.2. The fourth-order valence-electron chi connectivity index (χ4n) is 2.57. The minimum absolute atomic E-state index is 0. The van der Waals surface area contributed by atoms with Crippen molar-refractivity contribution in [2.75, 3.05) is 33.7 Å². The Bertz CT molecular complexity index is 317. The molecule has 0 aliphatic heterocycles. The van der Waals surface area contributed by atoms with Crippen LogP contribution in [0, 0.1) is 0 Å². The molecular weight excluding hydrogens is 280 g/mol. The molecule has 1 saturated carbocycles. The number of carbonyl (C=O) groups is 2. The van der Waals surface area contributed by atoms with E-state index in [0.29, 0.717) is 6.54 Å². The van der Waals surface area contributed by atoms with Crippen molar-refractivity contribution in [3.63, 3.8) is 0 Å². The Morgan fingerprint density at radius 3 is 2.20 bits per heavy atom. The number of nitrogens with zero attached hydrogens (tertiary/aromatic N) is 1. The highest BCUT2D eigenvalue weighted by molar-refractivity contribution is 5.85. The van der Waals surface area contributed by atoms with Crippen LogP contribution in [0.3, 0.4) is 0 Å². The standard InChI is InChI=1S/C13H26N4O2.ClH/c1-17(2)13(6-4-3-5-7-13)10-16-12(19)9-15-11(18)8-14;/h3-10,14H2,1-2H3,(H,15,18)(H,16,19);1H. The molecule has 118 valence electrons. The summed E-state index contributed by atoms with van der Waals surface area (Å²) in [7, 11) is 4.13. The fourth-order valence-corrected chi connectivity index (χ4v) is 2.57. The Balaban J connectivity index is 0.00000361. The molecule has 0 bridgehead atoms. The molecule has 1 aliphatic carbocycles. The number of halogens is 1. The van der Waals surface area contributed by atoms with Gasteiger partial charge in [0.05, 0.1) is 13.1 Å². The Hall–Kier alpha value is -0.850. The molecule has 1 aliphatic rings. The zero-order chi connectivity index (χ0) is 14.3. The summed E-state index contributed by atoms with van der Waals surface area (Å²) in [5, 5.41) is 5.39. The third kappa shape index (κ3) is 5.64. The Morgan fingerprint density at radius 2 is 1.70 bits per heavy atom. The molecule has 6 nitrogen and oxygen atoms in total. The number of nitrogens with two attached hydrogens (primary N) is 1. The number of nitrogens with one attached hydrogen (secondary N) is 2. The van der Waals surface area contributed by atoms with Crippen molar-refractivity contribution >= 4 is 24.2 Å². The lowest BCUT2D eigenvalue weighted by Gasteiger charge is -2.43. The van der Waals surface area contributed by atoms with Crippen LogP contribution in [0.5, 0.6) is 0 Å². The van der Waals surface area contributed by atoms with E-state index in [1.807, 2.05) is 0 Å². The monoisotopic (exact) mass is 306 g/mol. The van der Waals surface area contributed by atoms with E-state index >= 15 is 0 Å². The van der Waals surface area contributed by atoms with Gasteiger partial charge in [-0.1, -0.05) is 19.3 Å². The zero-order valence-electron chi connectivity index (χ0n) is 12.4. The van der Waals surface area contributed by atoms with Gasteiger partial charge in [0.1, 0.15) is 0 Å². The van der Waals surface area contributed by atoms with Crippen LogP contribution in [0.4, 0.5) is 0 Å². The molecule has 0 spiro atoms. The lowest BCUT2D eigenvalue weighted by atomic mass is 9.80. The number of hydrogen-bond acceptors (Lipinski definition) is 4. The molecule has 0 heterocycles. The van der Waals surface area contributed by atoms with Crippen molar-refractivity contribution < 1.29 is 9.59 Å². The largest absolute Gasteiger partial charge is 0.353 e. The van der Waals surface area contributed by atoms with Crippen LogP contribution < -0.4 is 16.4 Å². The maximum Gasteiger partial charge on any atom is 0.239 e. The van der Waals surface area contributed by atoms with Gasteiger partial charge >= 0.3 is 0 Å². The molecule has 20 heavy (non-hydrogen) atoms. The molecular formula is C13H27ClN4O2. The average molecular weight is 307 g/mol. The van der Waals surface area contributed by atoms with E-state index < -0.39 is 0 Å². The third-order valence-electron chi connectivity index (χ3n) is 3.98. The van der Waals surface area contributed by atoms with Crippen LogP contribution in [-0.2, 0) is 9.59 Å². The first kappa shape index (κ1) is 19.1. The molecule has 1 fully saturated rings. The molecule has 1 rings (SSSR count). The van der Waals surface area contributed by atoms with Gasteiger partial charge in [-0.3, -0.25) is 9.59 Å². The first-order valence-corrected chi connectivity index (χ1v) is 6.91. The minimum Gasteiger partial charge on any atom is -0.353 e. The van der Waals surface area contributed by atoms with Crippen molar-refractivity contribution in [3.05, 3.63) is 0 Å². The van der Waals surface area contributed by atoms with Gasteiger partial charge in [-0.15, -0.1) is 12.4 Å². The van der Waals surface area contributed by atoms with Gasteiger partial charge in [0.2, 0.25) is 11.8 Å². The van der Waals surface area contributed by atoms with Crippen LogP contribution in [0.25, 0.3) is 0 Å². The molecule has 7 heteroatoms. The molecule has 0 aromatic heterocycles. The summed E-state index contributed by atoms with van der Waals surface area (Å²) >= 11 is 0. The van der Waals surface area contributed by atoms with E-state index in [0.717, 1.165) is 12.8 Å².